The van der Waals surface area contributed by atoms with Gasteiger partial charge in [0, 0.05) is 30.6 Å². The molecule has 0 spiro atoms. The van der Waals surface area contributed by atoms with E-state index in [0.717, 1.165) is 17.7 Å². The molecule has 0 bridgehead atoms. The molecule has 0 N–H and O–H groups in total. The first-order valence-corrected chi connectivity index (χ1v) is 7.13. The highest BCUT2D eigenvalue weighted by Crippen LogP contribution is 2.12. The van der Waals surface area contributed by atoms with Crippen molar-refractivity contribution >= 4 is 17.5 Å². The average Bonchev–Trinajstić information content (AvgIpc) is 2.38. The summed E-state index contributed by atoms with van der Waals surface area (Å²) in [5.41, 5.74) is 1.75. The number of benzene rings is 1. The Hall–Kier alpha value is -1.06. The van der Waals surface area contributed by atoms with Gasteiger partial charge in [0.2, 0.25) is 0 Å². The number of carbonyl (C=O) groups excluding carboxylic acids is 1. The zero-order valence-corrected chi connectivity index (χ0v) is 12.9. The van der Waals surface area contributed by atoms with E-state index in [4.69, 9.17) is 11.6 Å². The lowest BCUT2D eigenvalue weighted by molar-refractivity contribution is 0.0679. The first kappa shape index (κ1) is 16.0. The number of likely N-dealkylation sites (N-methyl/N-ethyl adjacent to an activating group) is 2. The minimum Gasteiger partial charge on any atom is -0.335 e. The van der Waals surface area contributed by atoms with Crippen molar-refractivity contribution < 1.29 is 4.79 Å². The van der Waals surface area contributed by atoms with Crippen molar-refractivity contribution in [1.29, 1.82) is 0 Å². The van der Waals surface area contributed by atoms with Gasteiger partial charge in [0.25, 0.3) is 5.91 Å². The van der Waals surface area contributed by atoms with Crippen LogP contribution < -0.4 is 0 Å². The summed E-state index contributed by atoms with van der Waals surface area (Å²) in [6, 6.07) is 7.71. The van der Waals surface area contributed by atoms with Crippen LogP contribution in [0, 0.1) is 0 Å². The van der Waals surface area contributed by atoms with E-state index in [-0.39, 0.29) is 11.9 Å². The Bertz CT molecular complexity index is 403. The van der Waals surface area contributed by atoms with E-state index < -0.39 is 0 Å². The van der Waals surface area contributed by atoms with E-state index in [9.17, 15) is 4.79 Å². The Morgan fingerprint density at radius 1 is 1.26 bits per heavy atom. The fourth-order valence-corrected chi connectivity index (χ4v) is 2.36. The van der Waals surface area contributed by atoms with Gasteiger partial charge in [0.1, 0.15) is 0 Å². The molecule has 19 heavy (non-hydrogen) atoms. The standard InChI is InChI=1S/C15H23ClN2O/c1-5-18(12(2)11-17(3)4)15(19)14-8-6-13(10-16)7-9-14/h6-9,12H,5,10-11H2,1-4H3. The predicted molar refractivity (Wildman–Crippen MR) is 80.7 cm³/mol. The van der Waals surface area contributed by atoms with Crippen LogP contribution in [0.3, 0.4) is 0 Å². The zero-order valence-electron chi connectivity index (χ0n) is 12.2. The third-order valence-corrected chi connectivity index (χ3v) is 3.43. The molecule has 0 fully saturated rings. The molecule has 0 aliphatic rings. The normalized spacial score (nSPS) is 12.5. The molecule has 0 radical (unpaired) electrons. The molecule has 1 unspecified atom stereocenters. The van der Waals surface area contributed by atoms with E-state index in [1.165, 1.54) is 0 Å². The van der Waals surface area contributed by atoms with Crippen LogP contribution in [0.1, 0.15) is 29.8 Å². The Morgan fingerprint density at radius 3 is 2.26 bits per heavy atom. The maximum Gasteiger partial charge on any atom is 0.254 e. The molecule has 1 aromatic carbocycles. The summed E-state index contributed by atoms with van der Waals surface area (Å²) < 4.78 is 0. The molecule has 106 valence electrons. The molecule has 3 nitrogen and oxygen atoms in total. The Balaban J connectivity index is 2.82. The predicted octanol–water partition coefficient (Wildman–Crippen LogP) is 2.84. The second kappa shape index (κ2) is 7.51. The zero-order chi connectivity index (χ0) is 14.4. The quantitative estimate of drug-likeness (QED) is 0.749. The minimum absolute atomic E-state index is 0.0815. The smallest absolute Gasteiger partial charge is 0.254 e. The molecule has 0 saturated carbocycles. The molecule has 1 rings (SSSR count). The molecule has 4 heteroatoms. The van der Waals surface area contributed by atoms with Gasteiger partial charge in [-0.25, -0.2) is 0 Å². The summed E-state index contributed by atoms with van der Waals surface area (Å²) in [7, 11) is 4.04. The van der Waals surface area contributed by atoms with Gasteiger partial charge in [-0.1, -0.05) is 12.1 Å². The van der Waals surface area contributed by atoms with Gasteiger partial charge in [-0.3, -0.25) is 4.79 Å². The van der Waals surface area contributed by atoms with Crippen LogP contribution in [0.2, 0.25) is 0 Å². The van der Waals surface area contributed by atoms with Gasteiger partial charge < -0.3 is 9.80 Å². The van der Waals surface area contributed by atoms with Crippen LogP contribution in [-0.4, -0.2) is 48.9 Å². The third kappa shape index (κ3) is 4.51. The molecular weight excluding hydrogens is 260 g/mol. The molecule has 0 heterocycles. The van der Waals surface area contributed by atoms with Crippen LogP contribution >= 0.6 is 11.6 Å². The largest absolute Gasteiger partial charge is 0.335 e. The monoisotopic (exact) mass is 282 g/mol. The van der Waals surface area contributed by atoms with Crippen molar-refractivity contribution in [1.82, 2.24) is 9.80 Å². The number of hydrogen-bond donors (Lipinski definition) is 0. The number of hydrogen-bond acceptors (Lipinski definition) is 2. The van der Waals surface area contributed by atoms with Crippen LogP contribution in [0.25, 0.3) is 0 Å². The number of nitrogens with zero attached hydrogens (tertiary/aromatic N) is 2. The van der Waals surface area contributed by atoms with Crippen LogP contribution in [0.15, 0.2) is 24.3 Å². The minimum atomic E-state index is 0.0815. The van der Waals surface area contributed by atoms with E-state index in [2.05, 4.69) is 11.8 Å². The summed E-state index contributed by atoms with van der Waals surface area (Å²) in [4.78, 5) is 16.5. The van der Waals surface area contributed by atoms with Gasteiger partial charge in [-0.15, -0.1) is 11.6 Å². The second-order valence-electron chi connectivity index (χ2n) is 5.03. The van der Waals surface area contributed by atoms with Crippen LogP contribution in [0.4, 0.5) is 0 Å². The lowest BCUT2D eigenvalue weighted by Gasteiger charge is -2.30. The number of halogens is 1. The Labute approximate surface area is 121 Å². The molecule has 1 aromatic rings. The highest BCUT2D eigenvalue weighted by atomic mass is 35.5. The van der Waals surface area contributed by atoms with E-state index >= 15 is 0 Å². The van der Waals surface area contributed by atoms with Crippen molar-refractivity contribution in [2.45, 2.75) is 25.8 Å². The third-order valence-electron chi connectivity index (χ3n) is 3.12. The summed E-state index contributed by atoms with van der Waals surface area (Å²) in [6.45, 7) is 5.66. The van der Waals surface area contributed by atoms with Gasteiger partial charge in [-0.2, -0.15) is 0 Å². The first-order valence-electron chi connectivity index (χ1n) is 6.60. The van der Waals surface area contributed by atoms with Crippen molar-refractivity contribution in [3.63, 3.8) is 0 Å². The summed E-state index contributed by atoms with van der Waals surface area (Å²) in [5, 5.41) is 0. The van der Waals surface area contributed by atoms with Crippen molar-refractivity contribution in [2.24, 2.45) is 0 Å². The van der Waals surface area contributed by atoms with E-state index in [0.29, 0.717) is 12.4 Å². The number of rotatable bonds is 6. The Kier molecular flexibility index (Phi) is 6.32. The highest BCUT2D eigenvalue weighted by molar-refractivity contribution is 6.17. The molecule has 0 aromatic heterocycles. The van der Waals surface area contributed by atoms with E-state index in [1.807, 2.05) is 50.2 Å². The van der Waals surface area contributed by atoms with Crippen molar-refractivity contribution in [2.75, 3.05) is 27.2 Å². The summed E-state index contributed by atoms with van der Waals surface area (Å²) in [5.74, 6) is 0.557. The highest BCUT2D eigenvalue weighted by Gasteiger charge is 2.20. The lowest BCUT2D eigenvalue weighted by Crippen LogP contribution is -2.43. The molecule has 0 aliphatic carbocycles. The SMILES string of the molecule is CCN(C(=O)c1ccc(CCl)cc1)C(C)CN(C)C. The number of alkyl halides is 1. The summed E-state index contributed by atoms with van der Waals surface area (Å²) >= 11 is 5.76. The van der Waals surface area contributed by atoms with Crippen LogP contribution in [0.5, 0.6) is 0 Å². The molecule has 1 amide bonds. The maximum atomic E-state index is 12.5. The van der Waals surface area contributed by atoms with Gasteiger partial charge >= 0.3 is 0 Å². The van der Waals surface area contributed by atoms with Crippen molar-refractivity contribution in [3.8, 4) is 0 Å². The van der Waals surface area contributed by atoms with E-state index in [1.54, 1.807) is 0 Å². The van der Waals surface area contributed by atoms with Crippen LogP contribution in [-0.2, 0) is 5.88 Å². The van der Waals surface area contributed by atoms with Gasteiger partial charge in [0.05, 0.1) is 0 Å². The topological polar surface area (TPSA) is 23.6 Å². The fraction of sp³-hybridized carbons (Fsp3) is 0.533. The van der Waals surface area contributed by atoms with Crippen molar-refractivity contribution in [3.05, 3.63) is 35.4 Å². The molecule has 0 aliphatic heterocycles. The van der Waals surface area contributed by atoms with Gasteiger partial charge in [0.15, 0.2) is 0 Å². The Morgan fingerprint density at radius 2 is 1.84 bits per heavy atom. The number of carbonyl (C=O) groups is 1. The average molecular weight is 283 g/mol. The first-order chi connectivity index (χ1) is 8.99. The maximum absolute atomic E-state index is 12.5. The second-order valence-corrected chi connectivity index (χ2v) is 5.30. The number of amides is 1. The lowest BCUT2D eigenvalue weighted by atomic mass is 10.1. The fourth-order valence-electron chi connectivity index (χ4n) is 2.18. The molecule has 0 saturated heterocycles. The molecular formula is C15H23ClN2O. The molecule has 1 atom stereocenters. The van der Waals surface area contributed by atoms with Gasteiger partial charge in [-0.05, 0) is 45.6 Å². The summed E-state index contributed by atoms with van der Waals surface area (Å²) in [6.07, 6.45) is 0.